The molecule has 0 saturated carbocycles. The van der Waals surface area contributed by atoms with Crippen molar-refractivity contribution in [3.8, 4) is 5.69 Å². The maximum Gasteiger partial charge on any atom is 0.158 e. The zero-order valence-corrected chi connectivity index (χ0v) is 15.4. The van der Waals surface area contributed by atoms with E-state index < -0.39 is 0 Å². The number of rotatable bonds is 1. The van der Waals surface area contributed by atoms with Crippen LogP contribution >= 0.6 is 0 Å². The molecule has 0 aliphatic carbocycles. The third kappa shape index (κ3) is 1.88. The van der Waals surface area contributed by atoms with Crippen molar-refractivity contribution in [3.05, 3.63) is 84.6 Å². The van der Waals surface area contributed by atoms with Gasteiger partial charge in [0.2, 0.25) is 0 Å². The first-order chi connectivity index (χ1) is 13.8. The molecule has 0 saturated heterocycles. The second-order valence-corrected chi connectivity index (χ2v) is 7.23. The topological polar surface area (TPSA) is 18.1 Å². The summed E-state index contributed by atoms with van der Waals surface area (Å²) in [6, 6.07) is 27.4. The minimum absolute atomic E-state index is 0.720. The number of aryl methyl sites for hydroxylation is 1. The summed E-state index contributed by atoms with van der Waals surface area (Å²) in [6.45, 7) is 1.94. The number of nitrogens with zero attached hydrogens (tertiary/aromatic N) is 1. The van der Waals surface area contributed by atoms with E-state index in [9.17, 15) is 0 Å². The molecule has 2 nitrogen and oxygen atoms in total. The van der Waals surface area contributed by atoms with Crippen LogP contribution < -0.4 is 5.46 Å². The Morgan fingerprint density at radius 2 is 1.32 bits per heavy atom. The van der Waals surface area contributed by atoms with Gasteiger partial charge in [-0.3, -0.25) is 0 Å². The lowest BCUT2D eigenvalue weighted by Crippen LogP contribution is -2.03. The van der Waals surface area contributed by atoms with Crippen LogP contribution in [0, 0.1) is 6.92 Å². The van der Waals surface area contributed by atoms with Gasteiger partial charge in [-0.15, -0.1) is 0 Å². The van der Waals surface area contributed by atoms with Crippen molar-refractivity contribution in [2.75, 3.05) is 0 Å². The Morgan fingerprint density at radius 3 is 2.07 bits per heavy atom. The Bertz CT molecular complexity index is 1520. The quantitative estimate of drug-likeness (QED) is 0.341. The van der Waals surface area contributed by atoms with E-state index in [1.807, 2.05) is 13.0 Å². The van der Waals surface area contributed by atoms with Gasteiger partial charge in [0.1, 0.15) is 7.85 Å². The molecule has 2 radical (unpaired) electrons. The summed E-state index contributed by atoms with van der Waals surface area (Å²) in [7, 11) is 6.48. The van der Waals surface area contributed by atoms with Crippen LogP contribution in [0.2, 0.25) is 0 Å². The molecule has 0 aliphatic rings. The first-order valence-electron chi connectivity index (χ1n) is 9.43. The highest BCUT2D eigenvalue weighted by molar-refractivity contribution is 6.45. The van der Waals surface area contributed by atoms with Gasteiger partial charge in [0.25, 0.3) is 0 Å². The molecule has 0 fully saturated rings. The average molecular weight is 357 g/mol. The van der Waals surface area contributed by atoms with Gasteiger partial charge in [-0.25, -0.2) is 0 Å². The summed E-state index contributed by atoms with van der Waals surface area (Å²) in [5.41, 5.74) is 4.91. The van der Waals surface area contributed by atoms with Crippen molar-refractivity contribution < 1.29 is 4.42 Å². The molecule has 130 valence electrons. The number of hydrogen-bond acceptors (Lipinski definition) is 1. The van der Waals surface area contributed by atoms with Gasteiger partial charge >= 0.3 is 0 Å². The lowest BCUT2D eigenvalue weighted by atomic mass is 9.89. The van der Waals surface area contributed by atoms with Gasteiger partial charge in [-0.05, 0) is 41.4 Å². The predicted octanol–water partition coefficient (Wildman–Crippen LogP) is 5.79. The summed E-state index contributed by atoms with van der Waals surface area (Å²) >= 11 is 0. The van der Waals surface area contributed by atoms with Gasteiger partial charge in [0.05, 0.1) is 16.8 Å². The van der Waals surface area contributed by atoms with Crippen molar-refractivity contribution in [1.82, 2.24) is 4.57 Å². The number of furan rings is 1. The molecule has 3 heteroatoms. The summed E-state index contributed by atoms with van der Waals surface area (Å²) in [5.74, 6) is 0.762. The fourth-order valence-electron chi connectivity index (χ4n) is 4.48. The third-order valence-electron chi connectivity index (χ3n) is 5.70. The Kier molecular flexibility index (Phi) is 3.08. The lowest BCUT2D eigenvalue weighted by molar-refractivity contribution is 0.584. The van der Waals surface area contributed by atoms with Gasteiger partial charge in [0.15, 0.2) is 5.58 Å². The van der Waals surface area contributed by atoms with Gasteiger partial charge in [-0.1, -0.05) is 60.7 Å². The van der Waals surface area contributed by atoms with E-state index in [-0.39, 0.29) is 0 Å². The largest absolute Gasteiger partial charge is 0.460 e. The number of fused-ring (bicyclic) bond motifs is 8. The highest BCUT2D eigenvalue weighted by Gasteiger charge is 2.22. The molecule has 6 rings (SSSR count). The average Bonchev–Trinajstić information content (AvgIpc) is 3.24. The van der Waals surface area contributed by atoms with Crippen LogP contribution in [-0.2, 0) is 0 Å². The second kappa shape index (κ2) is 5.52. The van der Waals surface area contributed by atoms with Crippen molar-refractivity contribution in [3.63, 3.8) is 0 Å². The highest BCUT2D eigenvalue weighted by atomic mass is 16.3. The van der Waals surface area contributed by atoms with E-state index in [2.05, 4.69) is 77.4 Å². The first kappa shape index (κ1) is 15.6. The van der Waals surface area contributed by atoms with E-state index in [0.717, 1.165) is 44.3 Å². The molecule has 0 unspecified atom stereocenters. The van der Waals surface area contributed by atoms with Gasteiger partial charge in [-0.2, -0.15) is 0 Å². The van der Waals surface area contributed by atoms with Crippen LogP contribution in [0.25, 0.3) is 49.2 Å². The molecule has 0 amide bonds. The fraction of sp³-hybridized carbons (Fsp3) is 0.0400. The SMILES string of the molecule is [B]c1c(C)oc2c1c1ccccc1c1c3ccccc3n(-c3ccccc3)c21. The molecular weight excluding hydrogens is 341 g/mol. The zero-order valence-electron chi connectivity index (χ0n) is 15.4. The standard InChI is InChI=1S/C25H16BNO/c1-15-23(26)22-18-12-6-5-11-17(18)21-19-13-7-8-14-20(19)27(24(21)25(22)28-15)16-9-3-2-4-10-16/h2-14H,1H3. The van der Waals surface area contributed by atoms with Crippen LogP contribution in [0.5, 0.6) is 0 Å². The smallest absolute Gasteiger partial charge is 0.158 e. The lowest BCUT2D eigenvalue weighted by Gasteiger charge is -2.09. The van der Waals surface area contributed by atoms with Crippen LogP contribution in [0.4, 0.5) is 0 Å². The summed E-state index contributed by atoms with van der Waals surface area (Å²) < 4.78 is 8.56. The highest BCUT2D eigenvalue weighted by Crippen LogP contribution is 2.42. The van der Waals surface area contributed by atoms with Crippen molar-refractivity contribution >= 4 is 56.9 Å². The first-order valence-corrected chi connectivity index (χ1v) is 9.43. The van der Waals surface area contributed by atoms with E-state index in [1.54, 1.807) is 0 Å². The minimum Gasteiger partial charge on any atom is -0.460 e. The molecule has 0 N–H and O–H groups in total. The van der Waals surface area contributed by atoms with Crippen LogP contribution in [0.3, 0.4) is 0 Å². The number of para-hydroxylation sites is 2. The Labute approximate surface area is 163 Å². The summed E-state index contributed by atoms with van der Waals surface area (Å²) in [5, 5.41) is 5.75. The van der Waals surface area contributed by atoms with Gasteiger partial charge < -0.3 is 8.98 Å². The maximum absolute atomic E-state index is 6.48. The van der Waals surface area contributed by atoms with Crippen molar-refractivity contribution in [2.45, 2.75) is 6.92 Å². The van der Waals surface area contributed by atoms with Crippen molar-refractivity contribution in [2.24, 2.45) is 0 Å². The van der Waals surface area contributed by atoms with Crippen LogP contribution in [0.15, 0.2) is 83.3 Å². The molecule has 28 heavy (non-hydrogen) atoms. The molecular formula is C25H16BNO. The molecule has 0 spiro atoms. The maximum atomic E-state index is 6.48. The van der Waals surface area contributed by atoms with E-state index in [4.69, 9.17) is 12.3 Å². The molecule has 0 bridgehead atoms. The summed E-state index contributed by atoms with van der Waals surface area (Å²) in [6.07, 6.45) is 0. The van der Waals surface area contributed by atoms with Gasteiger partial charge in [0, 0.05) is 21.8 Å². The molecule has 0 atom stereocenters. The normalized spacial score (nSPS) is 11.9. The predicted molar refractivity (Wildman–Crippen MR) is 118 cm³/mol. The fourth-order valence-corrected chi connectivity index (χ4v) is 4.48. The molecule has 6 aromatic rings. The Balaban J connectivity index is 2.03. The number of benzene rings is 4. The third-order valence-corrected chi connectivity index (χ3v) is 5.70. The van der Waals surface area contributed by atoms with Crippen molar-refractivity contribution in [1.29, 1.82) is 0 Å². The molecule has 2 aromatic heterocycles. The Hall–Kier alpha value is -3.46. The van der Waals surface area contributed by atoms with Crippen LogP contribution in [0.1, 0.15) is 5.76 Å². The van der Waals surface area contributed by atoms with E-state index in [0.29, 0.717) is 0 Å². The Morgan fingerprint density at radius 1 is 0.714 bits per heavy atom. The number of hydrogen-bond donors (Lipinski definition) is 0. The monoisotopic (exact) mass is 357 g/mol. The van der Waals surface area contributed by atoms with E-state index in [1.165, 1.54) is 16.2 Å². The van der Waals surface area contributed by atoms with E-state index >= 15 is 0 Å². The molecule has 4 aromatic carbocycles. The zero-order chi connectivity index (χ0) is 18.8. The minimum atomic E-state index is 0.720. The number of aromatic nitrogens is 1. The second-order valence-electron chi connectivity index (χ2n) is 7.23. The molecule has 2 heterocycles. The van der Waals surface area contributed by atoms with Crippen LogP contribution in [-0.4, -0.2) is 12.4 Å². The molecule has 0 aliphatic heterocycles. The summed E-state index contributed by atoms with van der Waals surface area (Å²) in [4.78, 5) is 0.